The maximum absolute atomic E-state index is 11.6. The van der Waals surface area contributed by atoms with Gasteiger partial charge in [-0.2, -0.15) is 0 Å². The van der Waals surface area contributed by atoms with Gasteiger partial charge in [-0.25, -0.2) is 0 Å². The van der Waals surface area contributed by atoms with Crippen molar-refractivity contribution in [2.75, 3.05) is 19.8 Å². The minimum absolute atomic E-state index is 0. The monoisotopic (exact) mass is 264 g/mol. The summed E-state index contributed by atoms with van der Waals surface area (Å²) in [6.07, 6.45) is 2.07. The number of carbonyl (C=O) groups excluding carboxylic acids is 1. The second-order valence-electron chi connectivity index (χ2n) is 4.65. The quantitative estimate of drug-likeness (QED) is 0.737. The van der Waals surface area contributed by atoms with E-state index < -0.39 is 0 Å². The number of rotatable bonds is 5. The number of nitrogens with one attached hydrogen (secondary N) is 2. The third-order valence-electron chi connectivity index (χ3n) is 3.13. The third-order valence-corrected chi connectivity index (χ3v) is 3.13. The Morgan fingerprint density at radius 2 is 2.18 bits per heavy atom. The van der Waals surface area contributed by atoms with Crippen LogP contribution in [0.2, 0.25) is 0 Å². The molecule has 0 aliphatic carbocycles. The molecule has 3 atom stereocenters. The Bertz CT molecular complexity index is 217. The van der Waals surface area contributed by atoms with Gasteiger partial charge in [0.15, 0.2) is 0 Å². The first-order valence-electron chi connectivity index (χ1n) is 6.25. The van der Waals surface area contributed by atoms with Crippen molar-refractivity contribution >= 4 is 18.3 Å². The number of hydrogen-bond acceptors (Lipinski definition) is 3. The van der Waals surface area contributed by atoms with Gasteiger partial charge >= 0.3 is 0 Å². The molecule has 1 fully saturated rings. The SMILES string of the molecule is CCCOCC(=O)NC1C(C)CCNC1C.Cl. The van der Waals surface area contributed by atoms with Crippen LogP contribution in [-0.4, -0.2) is 37.7 Å². The summed E-state index contributed by atoms with van der Waals surface area (Å²) in [5.41, 5.74) is 0. The standard InChI is InChI=1S/C12H24N2O2.ClH/c1-4-7-16-8-11(15)14-12-9(2)5-6-13-10(12)3;/h9-10,12-13H,4-8H2,1-3H3,(H,14,15);1H. The largest absolute Gasteiger partial charge is 0.372 e. The molecule has 0 aromatic heterocycles. The van der Waals surface area contributed by atoms with E-state index in [1.807, 2.05) is 6.92 Å². The van der Waals surface area contributed by atoms with Crippen molar-refractivity contribution in [1.29, 1.82) is 0 Å². The van der Waals surface area contributed by atoms with Gasteiger partial charge in [-0.3, -0.25) is 4.79 Å². The minimum atomic E-state index is 0. The average molecular weight is 265 g/mol. The van der Waals surface area contributed by atoms with Crippen LogP contribution in [0.15, 0.2) is 0 Å². The summed E-state index contributed by atoms with van der Waals surface area (Å²) in [4.78, 5) is 11.6. The molecule has 1 heterocycles. The normalized spacial score (nSPS) is 28.3. The first-order valence-corrected chi connectivity index (χ1v) is 6.25. The van der Waals surface area contributed by atoms with Crippen LogP contribution in [0.5, 0.6) is 0 Å². The molecule has 0 spiro atoms. The zero-order valence-electron chi connectivity index (χ0n) is 11.0. The molecule has 1 rings (SSSR count). The number of hydrogen-bond donors (Lipinski definition) is 2. The summed E-state index contributed by atoms with van der Waals surface area (Å²) in [5, 5.41) is 6.43. The van der Waals surface area contributed by atoms with E-state index in [9.17, 15) is 4.79 Å². The lowest BCUT2D eigenvalue weighted by Crippen LogP contribution is -2.56. The highest BCUT2D eigenvalue weighted by Gasteiger charge is 2.28. The highest BCUT2D eigenvalue weighted by Crippen LogP contribution is 2.15. The Labute approximate surface area is 110 Å². The van der Waals surface area contributed by atoms with Crippen molar-refractivity contribution in [2.24, 2.45) is 5.92 Å². The Morgan fingerprint density at radius 1 is 1.47 bits per heavy atom. The van der Waals surface area contributed by atoms with E-state index in [4.69, 9.17) is 4.74 Å². The van der Waals surface area contributed by atoms with E-state index in [0.717, 1.165) is 19.4 Å². The van der Waals surface area contributed by atoms with Crippen LogP contribution in [0.1, 0.15) is 33.6 Å². The molecule has 5 heteroatoms. The highest BCUT2D eigenvalue weighted by molar-refractivity contribution is 5.85. The summed E-state index contributed by atoms with van der Waals surface area (Å²) in [6.45, 7) is 8.22. The number of halogens is 1. The van der Waals surface area contributed by atoms with Gasteiger partial charge < -0.3 is 15.4 Å². The first-order chi connectivity index (χ1) is 7.65. The van der Waals surface area contributed by atoms with Crippen molar-refractivity contribution in [2.45, 2.75) is 45.7 Å². The van der Waals surface area contributed by atoms with Crippen LogP contribution in [0.25, 0.3) is 0 Å². The van der Waals surface area contributed by atoms with Crippen LogP contribution >= 0.6 is 12.4 Å². The van der Waals surface area contributed by atoms with Gasteiger partial charge in [-0.1, -0.05) is 13.8 Å². The Kier molecular flexibility index (Phi) is 8.56. The molecule has 0 saturated carbocycles. The fourth-order valence-corrected chi connectivity index (χ4v) is 2.14. The molecule has 1 amide bonds. The van der Waals surface area contributed by atoms with E-state index in [-0.39, 0.29) is 31.0 Å². The van der Waals surface area contributed by atoms with Crippen molar-refractivity contribution in [3.63, 3.8) is 0 Å². The lowest BCUT2D eigenvalue weighted by molar-refractivity contribution is -0.127. The van der Waals surface area contributed by atoms with Crippen LogP contribution in [0.4, 0.5) is 0 Å². The van der Waals surface area contributed by atoms with Crippen molar-refractivity contribution in [3.05, 3.63) is 0 Å². The fourth-order valence-electron chi connectivity index (χ4n) is 2.14. The number of ether oxygens (including phenoxy) is 1. The van der Waals surface area contributed by atoms with Gasteiger partial charge in [0.1, 0.15) is 6.61 Å². The molecule has 0 radical (unpaired) electrons. The van der Waals surface area contributed by atoms with Crippen molar-refractivity contribution in [3.8, 4) is 0 Å². The highest BCUT2D eigenvalue weighted by atomic mass is 35.5. The van der Waals surface area contributed by atoms with E-state index in [2.05, 4.69) is 24.5 Å². The topological polar surface area (TPSA) is 50.4 Å². The zero-order chi connectivity index (χ0) is 12.0. The number of carbonyl (C=O) groups is 1. The molecule has 1 saturated heterocycles. The molecule has 4 nitrogen and oxygen atoms in total. The van der Waals surface area contributed by atoms with Crippen LogP contribution in [0.3, 0.4) is 0 Å². The van der Waals surface area contributed by atoms with Crippen LogP contribution in [0, 0.1) is 5.92 Å². The zero-order valence-corrected chi connectivity index (χ0v) is 11.8. The molecular formula is C12H25ClN2O2. The van der Waals surface area contributed by atoms with E-state index >= 15 is 0 Å². The Balaban J connectivity index is 0.00000256. The fraction of sp³-hybridized carbons (Fsp3) is 0.917. The summed E-state index contributed by atoms with van der Waals surface area (Å²) in [7, 11) is 0. The molecule has 0 aromatic carbocycles. The summed E-state index contributed by atoms with van der Waals surface area (Å²) in [5.74, 6) is 0.534. The lowest BCUT2D eigenvalue weighted by atomic mass is 9.89. The van der Waals surface area contributed by atoms with Gasteiger partial charge in [0.05, 0.1) is 0 Å². The van der Waals surface area contributed by atoms with Gasteiger partial charge in [-0.05, 0) is 32.2 Å². The maximum atomic E-state index is 11.6. The van der Waals surface area contributed by atoms with Gasteiger partial charge in [-0.15, -0.1) is 12.4 Å². The Hall–Kier alpha value is -0.320. The molecular weight excluding hydrogens is 240 g/mol. The molecule has 2 N–H and O–H groups in total. The van der Waals surface area contributed by atoms with Gasteiger partial charge in [0.25, 0.3) is 0 Å². The molecule has 1 aliphatic rings. The second kappa shape index (κ2) is 8.72. The number of amides is 1. The average Bonchev–Trinajstić information content (AvgIpc) is 2.24. The van der Waals surface area contributed by atoms with Crippen molar-refractivity contribution < 1.29 is 9.53 Å². The Morgan fingerprint density at radius 3 is 2.76 bits per heavy atom. The molecule has 3 unspecified atom stereocenters. The predicted molar refractivity (Wildman–Crippen MR) is 71.5 cm³/mol. The molecule has 17 heavy (non-hydrogen) atoms. The van der Waals surface area contributed by atoms with E-state index in [1.54, 1.807) is 0 Å². The lowest BCUT2D eigenvalue weighted by Gasteiger charge is -2.35. The summed E-state index contributed by atoms with van der Waals surface area (Å²) in [6, 6.07) is 0.574. The van der Waals surface area contributed by atoms with Crippen LogP contribution in [-0.2, 0) is 9.53 Å². The molecule has 0 bridgehead atoms. The maximum Gasteiger partial charge on any atom is 0.246 e. The van der Waals surface area contributed by atoms with Gasteiger partial charge in [0.2, 0.25) is 5.91 Å². The molecule has 0 aromatic rings. The summed E-state index contributed by atoms with van der Waals surface area (Å²) < 4.78 is 5.22. The van der Waals surface area contributed by atoms with E-state index in [0.29, 0.717) is 18.6 Å². The van der Waals surface area contributed by atoms with E-state index in [1.165, 1.54) is 0 Å². The second-order valence-corrected chi connectivity index (χ2v) is 4.65. The van der Waals surface area contributed by atoms with Gasteiger partial charge in [0, 0.05) is 18.7 Å². The summed E-state index contributed by atoms with van der Waals surface area (Å²) >= 11 is 0. The molecule has 102 valence electrons. The van der Waals surface area contributed by atoms with Crippen LogP contribution < -0.4 is 10.6 Å². The minimum Gasteiger partial charge on any atom is -0.372 e. The predicted octanol–water partition coefficient (Wildman–Crippen LogP) is 1.34. The smallest absolute Gasteiger partial charge is 0.246 e. The third kappa shape index (κ3) is 5.70. The first kappa shape index (κ1) is 16.7. The molecule has 1 aliphatic heterocycles. The number of piperidine rings is 1. The van der Waals surface area contributed by atoms with Crippen molar-refractivity contribution in [1.82, 2.24) is 10.6 Å².